The van der Waals surface area contributed by atoms with Crippen molar-refractivity contribution in [2.24, 2.45) is 5.92 Å². The van der Waals surface area contributed by atoms with Gasteiger partial charge in [-0.1, -0.05) is 12.1 Å². The van der Waals surface area contributed by atoms with E-state index in [1.807, 2.05) is 35.8 Å². The van der Waals surface area contributed by atoms with Crippen LogP contribution in [0.5, 0.6) is 5.88 Å². The molecule has 4 rings (SSSR count). The third-order valence-corrected chi connectivity index (χ3v) is 4.92. The molecule has 7 nitrogen and oxygen atoms in total. The van der Waals surface area contributed by atoms with Crippen LogP contribution in [0.15, 0.2) is 42.6 Å². The lowest BCUT2D eigenvalue weighted by Gasteiger charge is -2.10. The van der Waals surface area contributed by atoms with E-state index >= 15 is 0 Å². The van der Waals surface area contributed by atoms with Gasteiger partial charge in [-0.3, -0.25) is 10.1 Å². The number of carbonyl (C=O) groups excluding carboxylic acids is 1. The number of nitrogens with zero attached hydrogens (tertiary/aromatic N) is 3. The number of amides is 1. The van der Waals surface area contributed by atoms with Gasteiger partial charge in [0.15, 0.2) is 0 Å². The molecule has 1 amide bonds. The third kappa shape index (κ3) is 4.92. The molecular formula is C22H26N4O3. The normalized spacial score (nSPS) is 13.6. The van der Waals surface area contributed by atoms with Crippen molar-refractivity contribution in [2.75, 3.05) is 25.1 Å². The van der Waals surface area contributed by atoms with Gasteiger partial charge < -0.3 is 14.0 Å². The molecule has 152 valence electrons. The Kier molecular flexibility index (Phi) is 6.05. The number of hydrogen-bond acceptors (Lipinski definition) is 5. The van der Waals surface area contributed by atoms with E-state index in [0.717, 1.165) is 17.5 Å². The molecule has 0 bridgehead atoms. The van der Waals surface area contributed by atoms with Gasteiger partial charge in [0.2, 0.25) is 11.8 Å². The van der Waals surface area contributed by atoms with Crippen molar-refractivity contribution in [3.05, 3.63) is 48.2 Å². The molecule has 0 aliphatic heterocycles. The van der Waals surface area contributed by atoms with Gasteiger partial charge in [-0.15, -0.1) is 0 Å². The Morgan fingerprint density at radius 2 is 2.10 bits per heavy atom. The molecule has 2 heterocycles. The summed E-state index contributed by atoms with van der Waals surface area (Å²) in [6.45, 7) is 4.76. The molecule has 0 unspecified atom stereocenters. The van der Waals surface area contributed by atoms with Gasteiger partial charge >= 0.3 is 0 Å². The maximum Gasteiger partial charge on any atom is 0.259 e. The first-order valence-electron chi connectivity index (χ1n) is 10.2. The number of benzene rings is 1. The third-order valence-electron chi connectivity index (χ3n) is 4.92. The van der Waals surface area contributed by atoms with Crippen LogP contribution < -0.4 is 10.1 Å². The van der Waals surface area contributed by atoms with Gasteiger partial charge in [-0.25, -0.2) is 9.97 Å². The van der Waals surface area contributed by atoms with Crippen LogP contribution in [0, 0.1) is 5.92 Å². The fraction of sp³-hybridized carbons (Fsp3) is 0.409. The maximum atomic E-state index is 12.7. The second-order valence-corrected chi connectivity index (χ2v) is 7.22. The van der Waals surface area contributed by atoms with E-state index in [1.54, 1.807) is 18.3 Å². The minimum Gasteiger partial charge on any atom is -0.477 e. The van der Waals surface area contributed by atoms with Crippen LogP contribution in [-0.4, -0.2) is 40.3 Å². The Hall–Kier alpha value is -2.93. The van der Waals surface area contributed by atoms with Crippen molar-refractivity contribution in [1.82, 2.24) is 14.5 Å². The number of rotatable bonds is 10. The lowest BCUT2D eigenvalue weighted by molar-refractivity contribution is 0.102. The van der Waals surface area contributed by atoms with Gasteiger partial charge in [-0.2, -0.15) is 0 Å². The van der Waals surface area contributed by atoms with Crippen LogP contribution in [0.1, 0.15) is 36.5 Å². The lowest BCUT2D eigenvalue weighted by Crippen LogP contribution is -2.17. The van der Waals surface area contributed by atoms with Crippen molar-refractivity contribution >= 4 is 22.9 Å². The summed E-state index contributed by atoms with van der Waals surface area (Å²) in [5, 5.41) is 2.93. The van der Waals surface area contributed by atoms with Crippen LogP contribution in [0.4, 0.5) is 5.95 Å². The predicted molar refractivity (Wildman–Crippen MR) is 111 cm³/mol. The number of pyridine rings is 1. The fourth-order valence-corrected chi connectivity index (χ4v) is 3.13. The van der Waals surface area contributed by atoms with Gasteiger partial charge in [0, 0.05) is 32.0 Å². The molecule has 1 N–H and O–H groups in total. The molecule has 29 heavy (non-hydrogen) atoms. The Balaban J connectivity index is 1.46. The van der Waals surface area contributed by atoms with Gasteiger partial charge in [0.1, 0.15) is 0 Å². The summed E-state index contributed by atoms with van der Waals surface area (Å²) >= 11 is 0. The molecule has 0 atom stereocenters. The molecule has 1 fully saturated rings. The Morgan fingerprint density at radius 3 is 2.86 bits per heavy atom. The van der Waals surface area contributed by atoms with Crippen LogP contribution in [0.25, 0.3) is 11.0 Å². The number of para-hydroxylation sites is 2. The highest BCUT2D eigenvalue weighted by molar-refractivity contribution is 6.03. The second kappa shape index (κ2) is 9.05. The number of anilines is 1. The number of aryl methyl sites for hydroxylation is 1. The number of hydrogen-bond donors (Lipinski definition) is 1. The number of ether oxygens (including phenoxy) is 2. The van der Waals surface area contributed by atoms with Gasteiger partial charge in [0.25, 0.3) is 5.91 Å². The van der Waals surface area contributed by atoms with Crippen LogP contribution in [0.3, 0.4) is 0 Å². The summed E-state index contributed by atoms with van der Waals surface area (Å²) in [4.78, 5) is 21.6. The van der Waals surface area contributed by atoms with Crippen molar-refractivity contribution in [2.45, 2.75) is 32.7 Å². The largest absolute Gasteiger partial charge is 0.477 e. The summed E-state index contributed by atoms with van der Waals surface area (Å²) < 4.78 is 13.1. The van der Waals surface area contributed by atoms with E-state index < -0.39 is 0 Å². The molecule has 2 aromatic heterocycles. The Labute approximate surface area is 170 Å². The SMILES string of the molecule is CCOCCCn1c(NC(=O)c2ccc(OCC3CC3)nc2)nc2ccccc21. The Bertz CT molecular complexity index is 964. The standard InChI is InChI=1S/C22H26N4O3/c1-2-28-13-5-12-26-19-7-4-3-6-18(19)24-22(26)25-21(27)17-10-11-20(23-14-17)29-15-16-8-9-16/h3-4,6-7,10-11,14,16H,2,5,8-9,12-13,15H2,1H3,(H,24,25,27). The van der Waals surface area contributed by atoms with E-state index in [4.69, 9.17) is 9.47 Å². The molecule has 1 aliphatic rings. The van der Waals surface area contributed by atoms with Crippen LogP contribution in [0.2, 0.25) is 0 Å². The summed E-state index contributed by atoms with van der Waals surface area (Å²) in [7, 11) is 0. The number of nitrogens with one attached hydrogen (secondary N) is 1. The monoisotopic (exact) mass is 394 g/mol. The fourth-order valence-electron chi connectivity index (χ4n) is 3.13. The Morgan fingerprint density at radius 1 is 1.24 bits per heavy atom. The van der Waals surface area contributed by atoms with Crippen LogP contribution >= 0.6 is 0 Å². The maximum absolute atomic E-state index is 12.7. The zero-order valence-electron chi connectivity index (χ0n) is 16.6. The molecule has 0 radical (unpaired) electrons. The molecule has 1 saturated carbocycles. The van der Waals surface area contributed by atoms with Crippen molar-refractivity contribution in [3.8, 4) is 5.88 Å². The predicted octanol–water partition coefficient (Wildman–Crippen LogP) is 3.90. The molecule has 7 heteroatoms. The number of aromatic nitrogens is 3. The second-order valence-electron chi connectivity index (χ2n) is 7.22. The number of fused-ring (bicyclic) bond motifs is 1. The van der Waals surface area contributed by atoms with E-state index in [2.05, 4.69) is 15.3 Å². The quantitative estimate of drug-likeness (QED) is 0.528. The summed E-state index contributed by atoms with van der Waals surface area (Å²) in [6, 6.07) is 11.3. The van der Waals surface area contributed by atoms with Gasteiger partial charge in [0.05, 0.1) is 23.2 Å². The number of carbonyl (C=O) groups is 1. The van der Waals surface area contributed by atoms with Crippen molar-refractivity contribution in [1.29, 1.82) is 0 Å². The molecule has 3 aromatic rings. The van der Waals surface area contributed by atoms with Gasteiger partial charge in [-0.05, 0) is 50.3 Å². The average molecular weight is 394 g/mol. The smallest absolute Gasteiger partial charge is 0.259 e. The minimum atomic E-state index is -0.243. The first-order valence-corrected chi connectivity index (χ1v) is 10.2. The molecule has 1 aromatic carbocycles. The lowest BCUT2D eigenvalue weighted by atomic mass is 10.2. The summed E-state index contributed by atoms with van der Waals surface area (Å²) in [5.41, 5.74) is 2.30. The summed E-state index contributed by atoms with van der Waals surface area (Å²) in [5.74, 6) is 1.50. The molecule has 0 saturated heterocycles. The molecular weight excluding hydrogens is 368 g/mol. The molecule has 1 aliphatic carbocycles. The zero-order valence-corrected chi connectivity index (χ0v) is 16.6. The van der Waals surface area contributed by atoms with E-state index in [0.29, 0.717) is 49.7 Å². The van der Waals surface area contributed by atoms with E-state index in [1.165, 1.54) is 12.8 Å². The molecule has 0 spiro atoms. The summed E-state index contributed by atoms with van der Waals surface area (Å²) in [6.07, 6.45) is 4.84. The zero-order chi connectivity index (χ0) is 20.1. The van der Waals surface area contributed by atoms with Crippen molar-refractivity contribution in [3.63, 3.8) is 0 Å². The number of imidazole rings is 1. The highest BCUT2D eigenvalue weighted by Gasteiger charge is 2.22. The highest BCUT2D eigenvalue weighted by atomic mass is 16.5. The van der Waals surface area contributed by atoms with Crippen LogP contribution in [-0.2, 0) is 11.3 Å². The van der Waals surface area contributed by atoms with Crippen molar-refractivity contribution < 1.29 is 14.3 Å². The first kappa shape index (κ1) is 19.4. The minimum absolute atomic E-state index is 0.243. The topological polar surface area (TPSA) is 78.3 Å². The van der Waals surface area contributed by atoms with E-state index in [-0.39, 0.29) is 5.91 Å². The first-order chi connectivity index (χ1) is 14.2. The average Bonchev–Trinajstić information content (AvgIpc) is 3.52. The van der Waals surface area contributed by atoms with E-state index in [9.17, 15) is 4.79 Å². The highest BCUT2D eigenvalue weighted by Crippen LogP contribution is 2.29.